The highest BCUT2D eigenvalue weighted by molar-refractivity contribution is 6.29. The summed E-state index contributed by atoms with van der Waals surface area (Å²) >= 11 is 5.69. The minimum absolute atomic E-state index is 0.00141. The lowest BCUT2D eigenvalue weighted by Gasteiger charge is -2.20. The van der Waals surface area contributed by atoms with E-state index in [1.807, 2.05) is 0 Å². The Hall–Kier alpha value is -2.55. The van der Waals surface area contributed by atoms with Crippen LogP contribution in [-0.4, -0.2) is 29.5 Å². The Labute approximate surface area is 140 Å². The van der Waals surface area contributed by atoms with E-state index in [0.717, 1.165) is 0 Å². The molecule has 0 fully saturated rings. The molecule has 2 N–H and O–H groups in total. The second-order valence-corrected chi connectivity index (χ2v) is 5.21. The van der Waals surface area contributed by atoms with Gasteiger partial charge in [-0.2, -0.15) is 0 Å². The Bertz CT molecular complexity index is 755. The molecule has 0 radical (unpaired) electrons. The number of carbonyl (C=O) groups is 1. The van der Waals surface area contributed by atoms with Crippen LogP contribution in [0.3, 0.4) is 0 Å². The molecule has 0 bridgehead atoms. The maximum absolute atomic E-state index is 12.3. The summed E-state index contributed by atoms with van der Waals surface area (Å²) in [4.78, 5) is 13.0. The molecule has 0 saturated heterocycles. The van der Waals surface area contributed by atoms with E-state index in [9.17, 15) is 18.0 Å². The lowest BCUT2D eigenvalue weighted by molar-refractivity contribution is -0.274. The normalized spacial score (nSPS) is 11.2. The van der Waals surface area contributed by atoms with Crippen molar-refractivity contribution in [2.45, 2.75) is 12.9 Å². The van der Waals surface area contributed by atoms with Gasteiger partial charge in [-0.3, -0.25) is 4.79 Å². The Morgan fingerprint density at radius 2 is 2.04 bits per heavy atom. The van der Waals surface area contributed by atoms with Gasteiger partial charge in [0, 0.05) is 13.6 Å². The van der Waals surface area contributed by atoms with Crippen molar-refractivity contribution in [1.29, 1.82) is 0 Å². The van der Waals surface area contributed by atoms with Crippen LogP contribution in [-0.2, 0) is 6.54 Å². The molecule has 0 unspecified atom stereocenters. The quantitative estimate of drug-likeness (QED) is 0.886. The zero-order chi connectivity index (χ0) is 17.9. The number of halogens is 4. The predicted octanol–water partition coefficient (Wildman–Crippen LogP) is 2.76. The molecule has 0 aliphatic heterocycles. The van der Waals surface area contributed by atoms with Crippen molar-refractivity contribution < 1.29 is 22.7 Å². The fourth-order valence-corrected chi connectivity index (χ4v) is 2.16. The first-order valence-electron chi connectivity index (χ1n) is 6.54. The van der Waals surface area contributed by atoms with Gasteiger partial charge in [0.05, 0.1) is 5.56 Å². The molecule has 1 heterocycles. The van der Waals surface area contributed by atoms with E-state index in [-0.39, 0.29) is 28.8 Å². The lowest BCUT2D eigenvalue weighted by Crippen LogP contribution is -2.24. The van der Waals surface area contributed by atoms with Crippen LogP contribution in [0.15, 0.2) is 30.3 Å². The molecule has 128 valence electrons. The highest BCUT2D eigenvalue weighted by Gasteiger charge is 2.31. The van der Waals surface area contributed by atoms with Gasteiger partial charge in [-0.05, 0) is 23.8 Å². The third-order valence-corrected chi connectivity index (χ3v) is 3.11. The monoisotopic (exact) mass is 360 g/mol. The van der Waals surface area contributed by atoms with Crippen LogP contribution in [0.4, 0.5) is 19.0 Å². The van der Waals surface area contributed by atoms with Crippen molar-refractivity contribution >= 4 is 23.3 Å². The van der Waals surface area contributed by atoms with Crippen LogP contribution >= 0.6 is 11.6 Å². The van der Waals surface area contributed by atoms with Gasteiger partial charge < -0.3 is 15.4 Å². The summed E-state index contributed by atoms with van der Waals surface area (Å²) in [6.45, 7) is 0.144. The molecule has 2 aromatic rings. The van der Waals surface area contributed by atoms with E-state index >= 15 is 0 Å². The molecule has 0 saturated carbocycles. The second-order valence-electron chi connectivity index (χ2n) is 4.82. The highest BCUT2D eigenvalue weighted by Crippen LogP contribution is 2.25. The lowest BCUT2D eigenvalue weighted by atomic mass is 10.2. The average Bonchev–Trinajstić information content (AvgIpc) is 2.45. The number of rotatable bonds is 5. The topological polar surface area (TPSA) is 81.3 Å². The summed E-state index contributed by atoms with van der Waals surface area (Å²) in [7, 11) is 1.58. The van der Waals surface area contributed by atoms with Gasteiger partial charge in [0.25, 0.3) is 5.91 Å². The van der Waals surface area contributed by atoms with Gasteiger partial charge in [-0.25, -0.2) is 0 Å². The molecular weight excluding hydrogens is 349 g/mol. The maximum Gasteiger partial charge on any atom is 0.573 e. The number of amides is 1. The van der Waals surface area contributed by atoms with E-state index in [1.54, 1.807) is 13.1 Å². The molecular formula is C14H12ClF3N4O2. The third-order valence-electron chi connectivity index (χ3n) is 2.92. The first-order valence-corrected chi connectivity index (χ1v) is 6.92. The van der Waals surface area contributed by atoms with E-state index in [2.05, 4.69) is 14.9 Å². The van der Waals surface area contributed by atoms with Crippen LogP contribution in [0, 0.1) is 0 Å². The molecule has 6 nitrogen and oxygen atoms in total. The largest absolute Gasteiger partial charge is 0.573 e. The number of primary amides is 1. The Balaban J connectivity index is 2.23. The van der Waals surface area contributed by atoms with Crippen molar-refractivity contribution in [2.24, 2.45) is 5.73 Å². The molecule has 1 aromatic carbocycles. The number of aromatic nitrogens is 2. The zero-order valence-corrected chi connectivity index (χ0v) is 13.1. The third kappa shape index (κ3) is 4.72. The number of anilines is 1. The molecule has 2 rings (SSSR count). The Morgan fingerprint density at radius 3 is 2.67 bits per heavy atom. The first-order chi connectivity index (χ1) is 11.2. The van der Waals surface area contributed by atoms with Gasteiger partial charge in [-0.1, -0.05) is 23.7 Å². The number of nitrogens with two attached hydrogens (primary N) is 1. The Kier molecular flexibility index (Phi) is 5.13. The van der Waals surface area contributed by atoms with Crippen molar-refractivity contribution in [3.8, 4) is 5.75 Å². The predicted molar refractivity (Wildman–Crippen MR) is 80.8 cm³/mol. The van der Waals surface area contributed by atoms with Gasteiger partial charge in [0.2, 0.25) is 0 Å². The van der Waals surface area contributed by atoms with Crippen LogP contribution < -0.4 is 15.4 Å². The van der Waals surface area contributed by atoms with Crippen LogP contribution in [0.2, 0.25) is 5.15 Å². The molecule has 1 amide bonds. The van der Waals surface area contributed by atoms with Gasteiger partial charge in [-0.15, -0.1) is 23.4 Å². The second kappa shape index (κ2) is 6.91. The van der Waals surface area contributed by atoms with Crippen LogP contribution in [0.25, 0.3) is 0 Å². The fourth-order valence-electron chi connectivity index (χ4n) is 2.01. The minimum Gasteiger partial charge on any atom is -0.406 e. The molecule has 0 aliphatic rings. The van der Waals surface area contributed by atoms with Crippen molar-refractivity contribution in [1.82, 2.24) is 10.2 Å². The molecule has 1 aromatic heterocycles. The van der Waals surface area contributed by atoms with Crippen molar-refractivity contribution in [2.75, 3.05) is 11.9 Å². The highest BCUT2D eigenvalue weighted by atomic mass is 35.5. The Morgan fingerprint density at radius 1 is 1.33 bits per heavy atom. The van der Waals surface area contributed by atoms with Gasteiger partial charge >= 0.3 is 6.36 Å². The number of ether oxygens (including phenoxy) is 1. The van der Waals surface area contributed by atoms with E-state index < -0.39 is 12.3 Å². The summed E-state index contributed by atoms with van der Waals surface area (Å²) < 4.78 is 40.7. The number of alkyl halides is 3. The van der Waals surface area contributed by atoms with Crippen LogP contribution in [0.5, 0.6) is 5.75 Å². The van der Waals surface area contributed by atoms with Crippen molar-refractivity contribution in [3.05, 3.63) is 46.6 Å². The SMILES string of the molecule is CN(Cc1cccc(OC(F)(F)F)c1)c1nnc(Cl)cc1C(N)=O. The van der Waals surface area contributed by atoms with E-state index in [1.165, 1.54) is 29.2 Å². The fraction of sp³-hybridized carbons (Fsp3) is 0.214. The summed E-state index contributed by atoms with van der Waals surface area (Å²) in [5.41, 5.74) is 5.83. The van der Waals surface area contributed by atoms with Gasteiger partial charge in [0.15, 0.2) is 11.0 Å². The molecule has 0 atom stereocenters. The van der Waals surface area contributed by atoms with Crippen molar-refractivity contribution in [3.63, 3.8) is 0 Å². The summed E-state index contributed by atoms with van der Waals surface area (Å²) in [6, 6.07) is 6.72. The number of hydrogen-bond donors (Lipinski definition) is 1. The first kappa shape index (κ1) is 17.8. The van der Waals surface area contributed by atoms with E-state index in [4.69, 9.17) is 17.3 Å². The average molecular weight is 361 g/mol. The van der Waals surface area contributed by atoms with Gasteiger partial charge in [0.1, 0.15) is 5.75 Å². The zero-order valence-electron chi connectivity index (χ0n) is 12.3. The smallest absolute Gasteiger partial charge is 0.406 e. The molecule has 0 spiro atoms. The van der Waals surface area contributed by atoms with E-state index in [0.29, 0.717) is 5.56 Å². The summed E-state index contributed by atoms with van der Waals surface area (Å²) in [5.74, 6) is -0.928. The number of carbonyl (C=O) groups excluding carboxylic acids is 1. The minimum atomic E-state index is -4.77. The van der Waals surface area contributed by atoms with Crippen LogP contribution in [0.1, 0.15) is 15.9 Å². The number of benzene rings is 1. The molecule has 10 heteroatoms. The standard InChI is InChI=1S/C14H12ClF3N4O2/c1-22(13-10(12(19)23)6-11(15)20-21-13)7-8-3-2-4-9(5-8)24-14(16,17)18/h2-6H,7H2,1H3,(H2,19,23). The number of hydrogen-bond acceptors (Lipinski definition) is 5. The summed E-state index contributed by atoms with van der Waals surface area (Å²) in [5, 5.41) is 7.45. The molecule has 0 aliphatic carbocycles. The summed E-state index contributed by atoms with van der Waals surface area (Å²) in [6.07, 6.45) is -4.77. The maximum atomic E-state index is 12.3. The number of nitrogens with zero attached hydrogens (tertiary/aromatic N) is 3. The molecule has 24 heavy (non-hydrogen) atoms.